The number of aliphatic imine (C=N–C) groups is 1. The third-order valence-electron chi connectivity index (χ3n) is 13.4. The summed E-state index contributed by atoms with van der Waals surface area (Å²) in [6.07, 6.45) is -4.17. The first-order valence-electron chi connectivity index (χ1n) is 22.9. The summed E-state index contributed by atoms with van der Waals surface area (Å²) in [5.41, 5.74) is 2.08. The number of benzene rings is 6. The van der Waals surface area contributed by atoms with E-state index in [0.29, 0.717) is 22.0 Å². The molecule has 0 unspecified atom stereocenters. The number of allylic oxidation sites excluding steroid dienone is 1. The maximum Gasteiger partial charge on any atom is 0.200 e. The molecule has 0 aromatic heterocycles. The molecule has 1 aliphatic heterocycles. The minimum absolute atomic E-state index is 0.0637. The van der Waals surface area contributed by atoms with Gasteiger partial charge in [-0.3, -0.25) is 4.99 Å². The minimum atomic E-state index is -4.64. The van der Waals surface area contributed by atoms with E-state index in [1.165, 1.54) is 0 Å². The van der Waals surface area contributed by atoms with Crippen LogP contribution in [0.2, 0.25) is 19.6 Å². The Morgan fingerprint density at radius 2 is 0.870 bits per heavy atom. The Morgan fingerprint density at radius 1 is 0.522 bits per heavy atom. The quantitative estimate of drug-likeness (QED) is 0.0273. The van der Waals surface area contributed by atoms with Crippen LogP contribution >= 0.6 is 15.2 Å². The van der Waals surface area contributed by atoms with Crippen molar-refractivity contribution in [2.24, 2.45) is 4.99 Å². The summed E-state index contributed by atoms with van der Waals surface area (Å²) < 4.78 is 167. The van der Waals surface area contributed by atoms with Crippen LogP contribution in [0.15, 0.2) is 100 Å². The third-order valence-corrected chi connectivity index (χ3v) is 25.7. The zero-order valence-corrected chi connectivity index (χ0v) is 43.1. The van der Waals surface area contributed by atoms with Crippen LogP contribution in [0.3, 0.4) is 0 Å². The predicted molar refractivity (Wildman–Crippen MR) is 271 cm³/mol. The molecule has 15 heteroatoms. The second-order valence-electron chi connectivity index (χ2n) is 19.3. The molecule has 1 nitrogen and oxygen atoms in total. The molecule has 6 aromatic rings. The second-order valence-corrected chi connectivity index (χ2v) is 30.2. The fourth-order valence-electron chi connectivity index (χ4n) is 11.4. The molecule has 1 heterocycles. The lowest BCUT2D eigenvalue weighted by Crippen LogP contribution is -2.70. The maximum absolute atomic E-state index is 17.7. The van der Waals surface area contributed by atoms with Gasteiger partial charge in [0, 0.05) is 16.8 Å². The van der Waals surface area contributed by atoms with E-state index in [4.69, 9.17) is 4.99 Å². The van der Waals surface area contributed by atoms with Crippen LogP contribution in [0, 0.1) is 99.7 Å². The molecule has 0 amide bonds. The minimum Gasteiger partial charge on any atom is -0.294 e. The van der Waals surface area contributed by atoms with E-state index < -0.39 is 98.5 Å². The molecule has 0 aliphatic carbocycles. The monoisotopic (exact) mass is 1010 g/mol. The molecule has 0 saturated carbocycles. The number of hydrogen-bond acceptors (Lipinski definition) is 1. The molecule has 362 valence electrons. The number of nitrogens with zero attached hydrogens (tertiary/aromatic N) is 1. The van der Waals surface area contributed by atoms with Gasteiger partial charge < -0.3 is 0 Å². The van der Waals surface area contributed by atoms with Crippen molar-refractivity contribution in [2.45, 2.75) is 87.4 Å². The van der Waals surface area contributed by atoms with Crippen molar-refractivity contribution in [1.82, 2.24) is 0 Å². The topological polar surface area (TPSA) is 12.4 Å². The van der Waals surface area contributed by atoms with E-state index in [2.05, 4.69) is 0 Å². The Hall–Kier alpha value is -4.83. The van der Waals surface area contributed by atoms with E-state index in [0.717, 1.165) is 44.0 Å². The summed E-state index contributed by atoms with van der Waals surface area (Å²) in [4.78, 5) is 5.57. The van der Waals surface area contributed by atoms with Gasteiger partial charge in [0.05, 0.1) is 0 Å². The Bertz CT molecular complexity index is 2790. The highest BCUT2D eigenvalue weighted by Crippen LogP contribution is 2.74. The SMILES string of the molecule is CCCCN=C1[B-](c2c(F)c(F)c(F)c(F)c2F)(c2c(F)c(F)c(F)c(F)c2F)C(CCP(c2c(C)cc(C)cc2C)c2c(C)cc(C)cc2C)=C([Si](C)(C)C)[P+]1(c1ccccc1)c1ccccc1. The molecule has 1 aliphatic rings. The first-order valence-corrected chi connectivity index (χ1v) is 29.7. The van der Waals surface area contributed by atoms with Crippen molar-refractivity contribution in [2.75, 3.05) is 12.7 Å². The van der Waals surface area contributed by atoms with Gasteiger partial charge in [-0.2, -0.15) is 5.47 Å². The zero-order valence-electron chi connectivity index (χ0n) is 40.3. The normalized spacial score (nSPS) is 15.3. The van der Waals surface area contributed by atoms with Crippen LogP contribution in [0.5, 0.6) is 0 Å². The van der Waals surface area contributed by atoms with E-state index in [9.17, 15) is 0 Å². The number of aryl methyl sites for hydroxylation is 6. The number of halogens is 10. The Morgan fingerprint density at radius 3 is 1.20 bits per heavy atom. The summed E-state index contributed by atoms with van der Waals surface area (Å²) in [6, 6.07) is 25.2. The van der Waals surface area contributed by atoms with Crippen LogP contribution in [0.25, 0.3) is 0 Å². The Labute approximate surface area is 401 Å². The van der Waals surface area contributed by atoms with Crippen molar-refractivity contribution in [1.29, 1.82) is 0 Å². The molecule has 0 radical (unpaired) electrons. The third kappa shape index (κ3) is 8.46. The van der Waals surface area contributed by atoms with Crippen LogP contribution in [-0.2, 0) is 0 Å². The van der Waals surface area contributed by atoms with Crippen molar-refractivity contribution in [3.8, 4) is 0 Å². The fourth-order valence-corrected chi connectivity index (χ4v) is 25.8. The smallest absolute Gasteiger partial charge is 0.200 e. The summed E-state index contributed by atoms with van der Waals surface area (Å²) in [7, 11) is -8.86. The van der Waals surface area contributed by atoms with Crippen molar-refractivity contribution in [3.63, 3.8) is 0 Å². The van der Waals surface area contributed by atoms with Gasteiger partial charge in [-0.15, -0.1) is 10.9 Å². The van der Waals surface area contributed by atoms with Crippen LogP contribution < -0.4 is 32.1 Å². The summed E-state index contributed by atoms with van der Waals surface area (Å²) in [6.45, 7) is 19.1. The van der Waals surface area contributed by atoms with Crippen molar-refractivity contribution < 1.29 is 43.9 Å². The van der Waals surface area contributed by atoms with Crippen LogP contribution in [-0.4, -0.2) is 32.3 Å². The number of unbranched alkanes of at least 4 members (excludes halogenated alkanes) is 1. The van der Waals surface area contributed by atoms with E-state index >= 15 is 43.9 Å². The standard InChI is InChI=1S/C54H54BF10NP2Si/c1-11-12-24-66-54-55(39-41(56)45(60)49(64)46(61)42(39)57,40-43(58)47(62)50(65)48(63)44(40)59)38(53(69(8,9)10)68(54,36-19-15-13-16-20-36)37-21-17-14-18-22-37)23-25-67(51-32(4)26-30(2)27-33(51)5)52-34(6)28-31(3)29-35(52)7/h13-22,26-29H,11-12,23-25H2,1-10H3. The average molecular weight is 1010 g/mol. The lowest BCUT2D eigenvalue weighted by atomic mass is 9.15. The lowest BCUT2D eigenvalue weighted by Gasteiger charge is -2.43. The number of hydrogen-bond donors (Lipinski definition) is 0. The molecule has 0 bridgehead atoms. The first kappa shape index (κ1) is 52.0. The van der Waals surface area contributed by atoms with Gasteiger partial charge >= 0.3 is 0 Å². The Kier molecular flexibility index (Phi) is 14.9. The van der Waals surface area contributed by atoms with Gasteiger partial charge in [-0.25, -0.2) is 43.9 Å². The first-order chi connectivity index (χ1) is 32.5. The molecular weight excluding hydrogens is 953 g/mol. The van der Waals surface area contributed by atoms with Crippen molar-refractivity contribution >= 4 is 66.9 Å². The molecule has 0 spiro atoms. The van der Waals surface area contributed by atoms with E-state index in [1.807, 2.05) is 92.4 Å². The van der Waals surface area contributed by atoms with Gasteiger partial charge in [-0.05, 0) is 119 Å². The summed E-state index contributed by atoms with van der Waals surface area (Å²) >= 11 is 0. The molecule has 7 rings (SSSR count). The van der Waals surface area contributed by atoms with Crippen LogP contribution in [0.1, 0.15) is 59.6 Å². The zero-order chi connectivity index (χ0) is 50.7. The van der Waals surface area contributed by atoms with Gasteiger partial charge in [0.25, 0.3) is 0 Å². The highest BCUT2D eigenvalue weighted by molar-refractivity contribution is 8.14. The van der Waals surface area contributed by atoms with E-state index in [1.54, 1.807) is 60.7 Å². The van der Waals surface area contributed by atoms with E-state index in [-0.39, 0.29) is 36.4 Å². The maximum atomic E-state index is 17.7. The molecule has 69 heavy (non-hydrogen) atoms. The van der Waals surface area contributed by atoms with Gasteiger partial charge in [0.1, 0.15) is 49.2 Å². The molecule has 0 saturated heterocycles. The summed E-state index contributed by atoms with van der Waals surface area (Å²) in [5, 5.41) is 2.41. The highest BCUT2D eigenvalue weighted by Gasteiger charge is 2.68. The molecule has 0 atom stereocenters. The van der Waals surface area contributed by atoms with Crippen LogP contribution in [0.4, 0.5) is 43.9 Å². The molecule has 0 fully saturated rings. The van der Waals surface area contributed by atoms with Crippen molar-refractivity contribution in [3.05, 3.63) is 187 Å². The lowest BCUT2D eigenvalue weighted by molar-refractivity contribution is 0.382. The Balaban J connectivity index is 1.84. The van der Waals surface area contributed by atoms with Gasteiger partial charge in [0.15, 0.2) is 41.0 Å². The number of rotatable bonds is 13. The molecule has 0 N–H and O–H groups in total. The average Bonchev–Trinajstić information content (AvgIpc) is 3.55. The highest BCUT2D eigenvalue weighted by atomic mass is 31.2. The molecular formula is C54H54BF10NP2Si. The second kappa shape index (κ2) is 19.8. The van der Waals surface area contributed by atoms with Gasteiger partial charge in [0.2, 0.25) is 0 Å². The largest absolute Gasteiger partial charge is 0.294 e. The van der Waals surface area contributed by atoms with Gasteiger partial charge in [-0.1, -0.05) is 111 Å². The fraction of sp³-hybridized carbons (Fsp3) is 0.278. The summed E-state index contributed by atoms with van der Waals surface area (Å²) in [5.74, 6) is -24.7. The molecule has 6 aromatic carbocycles. The predicted octanol–water partition coefficient (Wildman–Crippen LogP) is 13.1.